The van der Waals surface area contributed by atoms with Crippen molar-refractivity contribution in [2.24, 2.45) is 5.92 Å². The fourth-order valence-electron chi connectivity index (χ4n) is 4.35. The van der Waals surface area contributed by atoms with Crippen LogP contribution in [0.15, 0.2) is 47.4 Å². The van der Waals surface area contributed by atoms with E-state index < -0.39 is 10.0 Å². The van der Waals surface area contributed by atoms with Crippen LogP contribution in [0.4, 0.5) is 5.13 Å². The predicted octanol–water partition coefficient (Wildman–Crippen LogP) is 3.86. The zero-order valence-electron chi connectivity index (χ0n) is 21.3. The zero-order valence-corrected chi connectivity index (χ0v) is 22.9. The van der Waals surface area contributed by atoms with Gasteiger partial charge in [0.15, 0.2) is 5.13 Å². The number of aryl methyl sites for hydroxylation is 1. The molecule has 4 rings (SSSR count). The average Bonchev–Trinajstić information content (AvgIpc) is 3.31. The Balaban J connectivity index is 1.49. The second-order valence-corrected chi connectivity index (χ2v) is 12.2. The third-order valence-electron chi connectivity index (χ3n) is 6.62. The van der Waals surface area contributed by atoms with E-state index in [4.69, 9.17) is 9.72 Å². The van der Waals surface area contributed by atoms with Gasteiger partial charge in [0.1, 0.15) is 5.75 Å². The number of methoxy groups -OCH3 is 1. The topological polar surface area (TPSA) is 83.1 Å². The fourth-order valence-corrected chi connectivity index (χ4v) is 6.88. The number of likely N-dealkylation sites (N-methyl/N-ethyl adjacent to an activating group) is 1. The Labute approximate surface area is 217 Å². The van der Waals surface area contributed by atoms with Gasteiger partial charge in [0.2, 0.25) is 15.9 Å². The molecule has 0 N–H and O–H groups in total. The quantitative estimate of drug-likeness (QED) is 0.418. The van der Waals surface area contributed by atoms with Crippen LogP contribution >= 0.6 is 11.3 Å². The molecule has 2 aromatic carbocycles. The van der Waals surface area contributed by atoms with E-state index in [2.05, 4.69) is 19.1 Å². The lowest BCUT2D eigenvalue weighted by molar-refractivity contribution is -0.123. The molecule has 1 saturated heterocycles. The summed E-state index contributed by atoms with van der Waals surface area (Å²) in [5, 5.41) is 0.707. The van der Waals surface area contributed by atoms with E-state index in [1.54, 1.807) is 47.6 Å². The van der Waals surface area contributed by atoms with Crippen molar-refractivity contribution in [3.05, 3.63) is 48.0 Å². The first-order chi connectivity index (χ1) is 17.2. The van der Waals surface area contributed by atoms with Crippen molar-refractivity contribution in [1.29, 1.82) is 0 Å². The summed E-state index contributed by atoms with van der Waals surface area (Å²) in [4.78, 5) is 22.6. The number of piperidine rings is 1. The molecule has 3 aromatic rings. The molecule has 10 heteroatoms. The van der Waals surface area contributed by atoms with Gasteiger partial charge in [-0.2, -0.15) is 4.31 Å². The van der Waals surface area contributed by atoms with Gasteiger partial charge in [0.05, 0.1) is 22.2 Å². The Morgan fingerprint density at radius 1 is 1.11 bits per heavy atom. The molecule has 0 bridgehead atoms. The van der Waals surface area contributed by atoms with Crippen LogP contribution in [-0.2, 0) is 21.2 Å². The largest absolute Gasteiger partial charge is 0.497 e. The van der Waals surface area contributed by atoms with Gasteiger partial charge in [-0.3, -0.25) is 9.69 Å². The molecule has 1 amide bonds. The molecule has 1 aromatic heterocycles. The number of amides is 1. The van der Waals surface area contributed by atoms with Crippen LogP contribution in [0.1, 0.15) is 25.3 Å². The van der Waals surface area contributed by atoms with E-state index in [-0.39, 0.29) is 16.7 Å². The summed E-state index contributed by atoms with van der Waals surface area (Å²) in [6, 6.07) is 12.7. The molecule has 194 valence electrons. The molecule has 0 unspecified atom stereocenters. The Morgan fingerprint density at radius 2 is 1.81 bits per heavy atom. The van der Waals surface area contributed by atoms with E-state index >= 15 is 0 Å². The van der Waals surface area contributed by atoms with Gasteiger partial charge in [-0.1, -0.05) is 24.3 Å². The summed E-state index contributed by atoms with van der Waals surface area (Å²) in [6.45, 7) is 4.00. The van der Waals surface area contributed by atoms with Crippen molar-refractivity contribution in [2.75, 3.05) is 52.3 Å². The molecule has 0 radical (unpaired) electrons. The van der Waals surface area contributed by atoms with Crippen molar-refractivity contribution in [3.8, 4) is 5.75 Å². The fraction of sp³-hybridized carbons (Fsp3) is 0.462. The van der Waals surface area contributed by atoms with Crippen molar-refractivity contribution >= 4 is 42.6 Å². The maximum atomic E-state index is 13.7. The highest BCUT2D eigenvalue weighted by Crippen LogP contribution is 2.32. The maximum Gasteiger partial charge on any atom is 0.243 e. The number of benzene rings is 2. The Kier molecular flexibility index (Phi) is 8.29. The average molecular weight is 531 g/mol. The number of ether oxygens (including phenoxy) is 1. The molecule has 8 nitrogen and oxygen atoms in total. The third kappa shape index (κ3) is 5.72. The van der Waals surface area contributed by atoms with Crippen LogP contribution in [0.3, 0.4) is 0 Å². The van der Waals surface area contributed by atoms with Gasteiger partial charge in [-0.25, -0.2) is 13.4 Å². The van der Waals surface area contributed by atoms with Gasteiger partial charge in [0, 0.05) is 32.1 Å². The minimum atomic E-state index is -3.62. The highest BCUT2D eigenvalue weighted by atomic mass is 32.2. The van der Waals surface area contributed by atoms with Crippen molar-refractivity contribution in [3.63, 3.8) is 0 Å². The lowest BCUT2D eigenvalue weighted by Gasteiger charge is -2.33. The number of sulfonamides is 1. The number of carbonyl (C=O) groups is 1. The number of thiazole rings is 1. The highest BCUT2D eigenvalue weighted by molar-refractivity contribution is 7.89. The monoisotopic (exact) mass is 530 g/mol. The highest BCUT2D eigenvalue weighted by Gasteiger charge is 2.35. The molecule has 0 spiro atoms. The van der Waals surface area contributed by atoms with Gasteiger partial charge >= 0.3 is 0 Å². The summed E-state index contributed by atoms with van der Waals surface area (Å²) in [6.07, 6.45) is 1.92. The van der Waals surface area contributed by atoms with E-state index in [1.807, 2.05) is 25.1 Å². The number of anilines is 1. The molecule has 2 heterocycles. The van der Waals surface area contributed by atoms with E-state index in [0.29, 0.717) is 49.9 Å². The van der Waals surface area contributed by atoms with Gasteiger partial charge in [-0.05, 0) is 75.3 Å². The number of rotatable bonds is 9. The molecule has 0 atom stereocenters. The second-order valence-electron chi connectivity index (χ2n) is 9.30. The first-order valence-electron chi connectivity index (χ1n) is 12.2. The van der Waals surface area contributed by atoms with E-state index in [0.717, 1.165) is 16.6 Å². The Morgan fingerprint density at radius 3 is 2.42 bits per heavy atom. The number of fused-ring (bicyclic) bond motifs is 1. The molecular formula is C26H34N4O4S2. The molecular weight excluding hydrogens is 496 g/mol. The predicted molar refractivity (Wildman–Crippen MR) is 144 cm³/mol. The van der Waals surface area contributed by atoms with Crippen LogP contribution in [-0.4, -0.2) is 75.9 Å². The molecule has 36 heavy (non-hydrogen) atoms. The van der Waals surface area contributed by atoms with Crippen LogP contribution in [0, 0.1) is 5.92 Å². The number of carbonyl (C=O) groups excluding carboxylic acids is 1. The summed E-state index contributed by atoms with van der Waals surface area (Å²) in [5.74, 6) is 0.387. The lowest BCUT2D eigenvalue weighted by atomic mass is 9.96. The first kappa shape index (κ1) is 26.5. The molecule has 0 saturated carbocycles. The minimum absolute atomic E-state index is 0.0214. The molecule has 1 fully saturated rings. The zero-order chi connectivity index (χ0) is 25.9. The molecule has 0 aliphatic carbocycles. The van der Waals surface area contributed by atoms with E-state index in [9.17, 15) is 13.2 Å². The smallest absolute Gasteiger partial charge is 0.243 e. The first-order valence-corrected chi connectivity index (χ1v) is 14.5. The third-order valence-corrected chi connectivity index (χ3v) is 9.57. The lowest BCUT2D eigenvalue weighted by Crippen LogP contribution is -2.46. The van der Waals surface area contributed by atoms with Crippen molar-refractivity contribution < 1.29 is 17.9 Å². The number of aromatic nitrogens is 1. The van der Waals surface area contributed by atoms with Crippen LogP contribution in [0.5, 0.6) is 5.75 Å². The number of hydrogen-bond acceptors (Lipinski definition) is 7. The van der Waals surface area contributed by atoms with Crippen LogP contribution in [0.25, 0.3) is 10.2 Å². The number of nitrogens with zero attached hydrogens (tertiary/aromatic N) is 4. The minimum Gasteiger partial charge on any atom is -0.497 e. The second kappa shape index (κ2) is 11.2. The Hall–Kier alpha value is -2.53. The molecule has 1 aliphatic heterocycles. The maximum absolute atomic E-state index is 13.7. The van der Waals surface area contributed by atoms with E-state index in [1.165, 1.54) is 9.87 Å². The standard InChI is InChI=1S/C26H34N4O4S2/c1-5-19-6-11-23-24(18-19)35-26(27-23)30(17-16-28(2)3)25(31)20-12-14-29(15-13-20)36(32,33)22-9-7-21(34-4)8-10-22/h6-11,18,20H,5,12-17H2,1-4H3. The molecule has 1 aliphatic rings. The number of hydrogen-bond donors (Lipinski definition) is 0. The van der Waals surface area contributed by atoms with Gasteiger partial charge in [-0.15, -0.1) is 0 Å². The Bertz CT molecular complexity index is 1300. The summed E-state index contributed by atoms with van der Waals surface area (Å²) in [5.41, 5.74) is 2.14. The summed E-state index contributed by atoms with van der Waals surface area (Å²) < 4.78 is 33.9. The van der Waals surface area contributed by atoms with Crippen LogP contribution < -0.4 is 9.64 Å². The summed E-state index contributed by atoms with van der Waals surface area (Å²) in [7, 11) is 1.89. The van der Waals surface area contributed by atoms with Crippen LogP contribution in [0.2, 0.25) is 0 Å². The van der Waals surface area contributed by atoms with Crippen molar-refractivity contribution in [1.82, 2.24) is 14.2 Å². The summed E-state index contributed by atoms with van der Waals surface area (Å²) >= 11 is 1.54. The van der Waals surface area contributed by atoms with Crippen molar-refractivity contribution in [2.45, 2.75) is 31.1 Å². The normalized spacial score (nSPS) is 15.5. The van der Waals surface area contributed by atoms with Gasteiger partial charge < -0.3 is 9.64 Å². The SMILES string of the molecule is CCc1ccc2nc(N(CCN(C)C)C(=O)C3CCN(S(=O)(=O)c4ccc(OC)cc4)CC3)sc2c1. The van der Waals surface area contributed by atoms with Gasteiger partial charge in [0.25, 0.3) is 0 Å².